The first-order chi connectivity index (χ1) is 25.4. The largest absolute Gasteiger partial charge is 0.321 e. The van der Waals surface area contributed by atoms with Crippen molar-refractivity contribution < 1.29 is 0 Å². The number of hydrogen-bond donors (Lipinski definition) is 0. The molecule has 0 N–H and O–H groups in total. The van der Waals surface area contributed by atoms with E-state index in [1.165, 1.54) is 61.3 Å². The maximum atomic E-state index is 4.99. The number of para-hydroxylation sites is 4. The molecule has 3 heterocycles. The first-order valence-electron chi connectivity index (χ1n) is 18.3. The van der Waals surface area contributed by atoms with Crippen molar-refractivity contribution in [1.29, 1.82) is 0 Å². The molecule has 8 aromatic rings. The van der Waals surface area contributed by atoms with Gasteiger partial charge in [0, 0.05) is 33.8 Å². The monoisotopic (exact) mass is 674 g/mol. The van der Waals surface area contributed by atoms with Gasteiger partial charge in [-0.3, -0.25) is 4.57 Å². The summed E-state index contributed by atoms with van der Waals surface area (Å²) in [7, 11) is 0. The van der Waals surface area contributed by atoms with E-state index in [4.69, 9.17) is 4.98 Å². The number of nitrogens with zero attached hydrogens (tertiary/aromatic N) is 4. The molecule has 0 saturated heterocycles. The van der Waals surface area contributed by atoms with Crippen molar-refractivity contribution in [3.8, 4) is 16.9 Å². The van der Waals surface area contributed by atoms with Gasteiger partial charge in [-0.2, -0.15) is 0 Å². The zero-order valence-corrected chi connectivity index (χ0v) is 30.2. The first kappa shape index (κ1) is 31.8. The molecule has 0 fully saturated rings. The number of hydrogen-bond acceptors (Lipinski definition) is 3. The number of anilines is 4. The van der Waals surface area contributed by atoms with Gasteiger partial charge < -0.3 is 9.80 Å². The van der Waals surface area contributed by atoms with Gasteiger partial charge in [0.2, 0.25) is 0 Å². The number of rotatable bonds is 7. The minimum absolute atomic E-state index is 0.269. The third-order valence-corrected chi connectivity index (χ3v) is 11.0. The van der Waals surface area contributed by atoms with E-state index in [0.717, 1.165) is 23.5 Å². The lowest BCUT2D eigenvalue weighted by atomic mass is 9.77. The highest BCUT2D eigenvalue weighted by molar-refractivity contribution is 6.09. The summed E-state index contributed by atoms with van der Waals surface area (Å²) in [5.74, 6) is 1.35. The highest BCUT2D eigenvalue weighted by Crippen LogP contribution is 2.45. The molecule has 4 heteroatoms. The molecule has 0 aliphatic carbocycles. The van der Waals surface area contributed by atoms with Crippen LogP contribution in [0.1, 0.15) is 50.3 Å². The minimum atomic E-state index is -0.269. The van der Waals surface area contributed by atoms with Crippen molar-refractivity contribution in [3.05, 3.63) is 181 Å². The van der Waals surface area contributed by atoms with Crippen LogP contribution in [0.25, 0.3) is 38.8 Å². The number of pyridine rings is 1. The Balaban J connectivity index is 1.14. The SMILES string of the molecule is CC(C)c1ccccc1-c1ccnc(-n2c3ccccc3c3ccc(C(C)(C)c4cccc(N5CN(c6ccccc6)c6ccccc65)c4)cc32)c1. The number of fused-ring (bicyclic) bond motifs is 4. The van der Waals surface area contributed by atoms with E-state index < -0.39 is 0 Å². The summed E-state index contributed by atoms with van der Waals surface area (Å²) in [5, 5.41) is 2.46. The van der Waals surface area contributed by atoms with Crippen molar-refractivity contribution >= 4 is 44.6 Å². The molecule has 0 bridgehead atoms. The molecule has 4 nitrogen and oxygen atoms in total. The Labute approximate surface area is 306 Å². The van der Waals surface area contributed by atoms with Crippen LogP contribution < -0.4 is 9.80 Å². The van der Waals surface area contributed by atoms with Crippen LogP contribution in [0.3, 0.4) is 0 Å². The van der Waals surface area contributed by atoms with Gasteiger partial charge in [0.25, 0.3) is 0 Å². The van der Waals surface area contributed by atoms with E-state index in [0.29, 0.717) is 5.92 Å². The fraction of sp³-hybridized carbons (Fsp3) is 0.146. The van der Waals surface area contributed by atoms with Crippen LogP contribution in [0.4, 0.5) is 22.7 Å². The molecule has 0 saturated carbocycles. The van der Waals surface area contributed by atoms with E-state index in [1.807, 2.05) is 6.20 Å². The summed E-state index contributed by atoms with van der Waals surface area (Å²) >= 11 is 0. The number of aromatic nitrogens is 2. The van der Waals surface area contributed by atoms with Gasteiger partial charge in [0.1, 0.15) is 12.5 Å². The molecule has 52 heavy (non-hydrogen) atoms. The average molecular weight is 675 g/mol. The van der Waals surface area contributed by atoms with Crippen molar-refractivity contribution in [3.63, 3.8) is 0 Å². The zero-order chi connectivity index (χ0) is 35.4. The van der Waals surface area contributed by atoms with Gasteiger partial charge in [-0.05, 0) is 94.4 Å². The molecule has 0 unspecified atom stereocenters. The predicted molar refractivity (Wildman–Crippen MR) is 219 cm³/mol. The Morgan fingerprint density at radius 2 is 1.21 bits per heavy atom. The average Bonchev–Trinajstić information content (AvgIpc) is 3.74. The summed E-state index contributed by atoms with van der Waals surface area (Å²) in [6, 6.07) is 57.3. The van der Waals surface area contributed by atoms with Crippen LogP contribution in [0.2, 0.25) is 0 Å². The van der Waals surface area contributed by atoms with Gasteiger partial charge in [-0.15, -0.1) is 0 Å². The fourth-order valence-electron chi connectivity index (χ4n) is 8.07. The fourth-order valence-corrected chi connectivity index (χ4v) is 8.07. The molecule has 1 aliphatic heterocycles. The van der Waals surface area contributed by atoms with Crippen molar-refractivity contribution in [1.82, 2.24) is 9.55 Å². The van der Waals surface area contributed by atoms with Crippen molar-refractivity contribution in [2.45, 2.75) is 39.0 Å². The Morgan fingerprint density at radius 1 is 0.558 bits per heavy atom. The molecule has 9 rings (SSSR count). The topological polar surface area (TPSA) is 24.3 Å². The minimum Gasteiger partial charge on any atom is -0.321 e. The van der Waals surface area contributed by atoms with Crippen LogP contribution in [0.5, 0.6) is 0 Å². The molecular weight excluding hydrogens is 633 g/mol. The van der Waals surface area contributed by atoms with Gasteiger partial charge in [0.05, 0.1) is 22.4 Å². The molecular formula is C48H42N4. The van der Waals surface area contributed by atoms with Crippen LogP contribution in [-0.2, 0) is 5.41 Å². The normalized spacial score (nSPS) is 13.0. The second-order valence-corrected chi connectivity index (χ2v) is 14.7. The molecule has 6 aromatic carbocycles. The standard InChI is InChI=1S/C48H42N4/c1-33(2)39-19-8-9-20-40(39)34-27-28-49-47(29-34)52-43-22-11-10-21-41(43)42-26-25-36(31-46(42)52)48(3,4)35-15-14-18-38(30-35)51-32-50(37-16-6-5-7-17-37)44-23-12-13-24-45(44)51/h5-31,33H,32H2,1-4H3. The molecule has 0 atom stereocenters. The van der Waals surface area contributed by atoms with Crippen molar-refractivity contribution in [2.75, 3.05) is 16.5 Å². The maximum Gasteiger partial charge on any atom is 0.138 e. The highest BCUT2D eigenvalue weighted by atomic mass is 15.4. The molecule has 0 spiro atoms. The van der Waals surface area contributed by atoms with Crippen LogP contribution in [0.15, 0.2) is 164 Å². The van der Waals surface area contributed by atoms with Crippen LogP contribution in [-0.4, -0.2) is 16.2 Å². The second-order valence-electron chi connectivity index (χ2n) is 14.7. The molecule has 1 aliphatic rings. The van der Waals surface area contributed by atoms with Gasteiger partial charge in [0.15, 0.2) is 0 Å². The Hall–Kier alpha value is -6.13. The lowest BCUT2D eigenvalue weighted by Gasteiger charge is -2.29. The van der Waals surface area contributed by atoms with E-state index in [1.54, 1.807) is 0 Å². The summed E-state index contributed by atoms with van der Waals surface area (Å²) in [6.07, 6.45) is 1.96. The molecule has 0 radical (unpaired) electrons. The van der Waals surface area contributed by atoms with Gasteiger partial charge in [-0.1, -0.05) is 125 Å². The van der Waals surface area contributed by atoms with Crippen LogP contribution >= 0.6 is 0 Å². The van der Waals surface area contributed by atoms with Crippen LogP contribution in [0, 0.1) is 0 Å². The molecule has 254 valence electrons. The van der Waals surface area contributed by atoms with E-state index >= 15 is 0 Å². The third-order valence-electron chi connectivity index (χ3n) is 11.0. The smallest absolute Gasteiger partial charge is 0.138 e. The summed E-state index contributed by atoms with van der Waals surface area (Å²) in [4.78, 5) is 9.81. The van der Waals surface area contributed by atoms with Gasteiger partial charge in [-0.25, -0.2) is 4.98 Å². The van der Waals surface area contributed by atoms with Crippen molar-refractivity contribution in [2.24, 2.45) is 0 Å². The Bertz CT molecular complexity index is 2580. The Morgan fingerprint density at radius 3 is 2.02 bits per heavy atom. The predicted octanol–water partition coefficient (Wildman–Crippen LogP) is 12.5. The lowest BCUT2D eigenvalue weighted by Crippen LogP contribution is -2.25. The molecule has 0 amide bonds. The highest BCUT2D eigenvalue weighted by Gasteiger charge is 2.30. The van der Waals surface area contributed by atoms with E-state index in [-0.39, 0.29) is 5.41 Å². The van der Waals surface area contributed by atoms with E-state index in [9.17, 15) is 0 Å². The van der Waals surface area contributed by atoms with E-state index in [2.05, 4.69) is 200 Å². The summed E-state index contributed by atoms with van der Waals surface area (Å²) < 4.78 is 2.35. The summed E-state index contributed by atoms with van der Waals surface area (Å²) in [5.41, 5.74) is 13.2. The van der Waals surface area contributed by atoms with Gasteiger partial charge >= 0.3 is 0 Å². The second kappa shape index (κ2) is 12.6. The quantitative estimate of drug-likeness (QED) is 0.168. The summed E-state index contributed by atoms with van der Waals surface area (Å²) in [6.45, 7) is 9.96. The molecule has 2 aromatic heterocycles. The zero-order valence-electron chi connectivity index (χ0n) is 30.2. The number of benzene rings is 6. The first-order valence-corrected chi connectivity index (χ1v) is 18.3. The maximum absolute atomic E-state index is 4.99. The third kappa shape index (κ3) is 5.25. The lowest BCUT2D eigenvalue weighted by molar-refractivity contribution is 0.641. The Kier molecular flexibility index (Phi) is 7.70.